The molecule has 0 saturated heterocycles. The number of rotatable bonds is 1. The maximum absolute atomic E-state index is 6.32. The molecule has 2 atom stereocenters. The molecule has 2 saturated carbocycles. The Morgan fingerprint density at radius 2 is 2.08 bits per heavy atom. The number of H-pyrrole nitrogens is 1. The van der Waals surface area contributed by atoms with E-state index in [1.54, 1.807) is 0 Å². The Hall–Kier alpha value is -0.900. The summed E-state index contributed by atoms with van der Waals surface area (Å²) in [4.78, 5) is 0. The molecule has 0 aromatic carbocycles. The van der Waals surface area contributed by atoms with Crippen molar-refractivity contribution in [2.45, 2.75) is 31.7 Å². The average molecular weight is 178 g/mol. The van der Waals surface area contributed by atoms with E-state index in [-0.39, 0.29) is 5.54 Å². The Bertz CT molecular complexity index is 333. The third kappa shape index (κ3) is 0.950. The second-order valence-corrected chi connectivity index (χ2v) is 4.58. The van der Waals surface area contributed by atoms with Gasteiger partial charge in [0.25, 0.3) is 0 Å². The number of nitrogens with zero attached hydrogens (tertiary/aromatic N) is 2. The van der Waals surface area contributed by atoms with Gasteiger partial charge in [-0.05, 0) is 38.0 Å². The van der Waals surface area contributed by atoms with E-state index in [9.17, 15) is 0 Å². The number of nitrogens with two attached hydrogens (primary N) is 1. The van der Waals surface area contributed by atoms with E-state index < -0.39 is 0 Å². The molecule has 2 aliphatic carbocycles. The van der Waals surface area contributed by atoms with E-state index >= 15 is 0 Å². The molecule has 3 N–H and O–H groups in total. The van der Waals surface area contributed by atoms with Crippen LogP contribution in [0.15, 0.2) is 0 Å². The average Bonchev–Trinajstić information content (AvgIpc) is 2.54. The van der Waals surface area contributed by atoms with Gasteiger partial charge in [0.1, 0.15) is 5.69 Å². The lowest BCUT2D eigenvalue weighted by Crippen LogP contribution is -2.36. The largest absolute Gasteiger partial charge is 0.320 e. The predicted octanol–water partition coefficient (Wildman–Crippen LogP) is 0.697. The van der Waals surface area contributed by atoms with Gasteiger partial charge in [-0.1, -0.05) is 0 Å². The Balaban J connectivity index is 1.96. The third-order valence-corrected chi connectivity index (χ3v) is 3.52. The van der Waals surface area contributed by atoms with Crippen molar-refractivity contribution in [1.82, 2.24) is 15.4 Å². The van der Waals surface area contributed by atoms with Crippen LogP contribution >= 0.6 is 0 Å². The Labute approximate surface area is 76.9 Å². The first kappa shape index (κ1) is 7.50. The second-order valence-electron chi connectivity index (χ2n) is 4.58. The topological polar surface area (TPSA) is 67.6 Å². The van der Waals surface area contributed by atoms with Crippen molar-refractivity contribution >= 4 is 0 Å². The molecular weight excluding hydrogens is 164 g/mol. The second kappa shape index (κ2) is 2.12. The third-order valence-electron chi connectivity index (χ3n) is 3.52. The number of hydrogen-bond acceptors (Lipinski definition) is 3. The summed E-state index contributed by atoms with van der Waals surface area (Å²) in [6.45, 7) is 1.97. The fraction of sp³-hybridized carbons (Fsp3) is 0.778. The van der Waals surface area contributed by atoms with Crippen LogP contribution in [0.3, 0.4) is 0 Å². The number of hydrogen-bond donors (Lipinski definition) is 2. The predicted molar refractivity (Wildman–Crippen MR) is 47.8 cm³/mol. The molecule has 3 rings (SSSR count). The molecule has 0 aliphatic heterocycles. The first-order chi connectivity index (χ1) is 6.19. The highest BCUT2D eigenvalue weighted by atomic mass is 15.3. The van der Waals surface area contributed by atoms with Crippen LogP contribution in [0.1, 0.15) is 30.7 Å². The Morgan fingerprint density at radius 1 is 1.38 bits per heavy atom. The summed E-state index contributed by atoms with van der Waals surface area (Å²) in [7, 11) is 0. The summed E-state index contributed by atoms with van der Waals surface area (Å²) in [6, 6.07) is 0. The molecule has 13 heavy (non-hydrogen) atoms. The van der Waals surface area contributed by atoms with Crippen LogP contribution in [0, 0.1) is 18.8 Å². The summed E-state index contributed by atoms with van der Waals surface area (Å²) in [5.41, 5.74) is 8.10. The van der Waals surface area contributed by atoms with Gasteiger partial charge in [0, 0.05) is 0 Å². The molecular formula is C9H14N4. The SMILES string of the molecule is Cc1n[nH]nc1C1(N)CC2CC2C1. The lowest BCUT2D eigenvalue weighted by atomic mass is 9.90. The Kier molecular flexibility index (Phi) is 1.22. The lowest BCUT2D eigenvalue weighted by Gasteiger charge is -2.23. The number of aryl methyl sites for hydroxylation is 1. The number of fused-ring (bicyclic) bond motifs is 1. The lowest BCUT2D eigenvalue weighted by molar-refractivity contribution is 0.397. The van der Waals surface area contributed by atoms with E-state index in [4.69, 9.17) is 5.73 Å². The molecule has 2 fully saturated rings. The van der Waals surface area contributed by atoms with Crippen molar-refractivity contribution in [3.8, 4) is 0 Å². The summed E-state index contributed by atoms with van der Waals surface area (Å²) in [5, 5.41) is 10.8. The molecule has 1 heterocycles. The van der Waals surface area contributed by atoms with Crippen LogP contribution in [0.4, 0.5) is 0 Å². The van der Waals surface area contributed by atoms with Crippen LogP contribution in [0.2, 0.25) is 0 Å². The van der Waals surface area contributed by atoms with Gasteiger partial charge in [-0.3, -0.25) is 0 Å². The summed E-state index contributed by atoms with van der Waals surface area (Å²) < 4.78 is 0. The van der Waals surface area contributed by atoms with E-state index in [0.717, 1.165) is 36.1 Å². The minimum atomic E-state index is -0.176. The van der Waals surface area contributed by atoms with Crippen LogP contribution in [-0.2, 0) is 5.54 Å². The van der Waals surface area contributed by atoms with Crippen molar-refractivity contribution in [1.29, 1.82) is 0 Å². The molecule has 70 valence electrons. The number of aromatic amines is 1. The highest BCUT2D eigenvalue weighted by molar-refractivity contribution is 5.23. The van der Waals surface area contributed by atoms with Gasteiger partial charge >= 0.3 is 0 Å². The molecule has 0 spiro atoms. The van der Waals surface area contributed by atoms with E-state index in [1.165, 1.54) is 6.42 Å². The maximum Gasteiger partial charge on any atom is 0.105 e. The minimum Gasteiger partial charge on any atom is -0.320 e. The molecule has 1 aromatic rings. The smallest absolute Gasteiger partial charge is 0.105 e. The molecule has 0 radical (unpaired) electrons. The summed E-state index contributed by atoms with van der Waals surface area (Å²) in [5.74, 6) is 1.75. The quantitative estimate of drug-likeness (QED) is 0.665. The molecule has 0 bridgehead atoms. The van der Waals surface area contributed by atoms with E-state index in [0.29, 0.717) is 0 Å². The molecule has 4 nitrogen and oxygen atoms in total. The van der Waals surface area contributed by atoms with Gasteiger partial charge in [0.15, 0.2) is 0 Å². The standard InChI is InChI=1S/C9H14N4/c1-5-8(12-13-11-5)9(10)3-6-2-7(6)4-9/h6-7H,2-4,10H2,1H3,(H,11,12,13). The Morgan fingerprint density at radius 3 is 2.62 bits per heavy atom. The monoisotopic (exact) mass is 178 g/mol. The van der Waals surface area contributed by atoms with E-state index in [2.05, 4.69) is 15.4 Å². The highest BCUT2D eigenvalue weighted by Gasteiger charge is 2.54. The highest BCUT2D eigenvalue weighted by Crippen LogP contribution is 2.58. The minimum absolute atomic E-state index is 0.176. The van der Waals surface area contributed by atoms with Crippen LogP contribution < -0.4 is 5.73 Å². The maximum atomic E-state index is 6.32. The molecule has 2 aliphatic rings. The zero-order valence-corrected chi connectivity index (χ0v) is 7.75. The van der Waals surface area contributed by atoms with Crippen molar-refractivity contribution in [3.63, 3.8) is 0 Å². The molecule has 0 amide bonds. The van der Waals surface area contributed by atoms with Gasteiger partial charge < -0.3 is 5.73 Å². The van der Waals surface area contributed by atoms with Gasteiger partial charge in [-0.25, -0.2) is 0 Å². The zero-order valence-electron chi connectivity index (χ0n) is 7.75. The van der Waals surface area contributed by atoms with Crippen molar-refractivity contribution in [2.75, 3.05) is 0 Å². The van der Waals surface area contributed by atoms with Crippen molar-refractivity contribution in [2.24, 2.45) is 17.6 Å². The fourth-order valence-electron chi connectivity index (χ4n) is 2.78. The van der Waals surface area contributed by atoms with Crippen molar-refractivity contribution in [3.05, 3.63) is 11.4 Å². The van der Waals surface area contributed by atoms with Gasteiger partial charge in [0.05, 0.1) is 11.2 Å². The molecule has 1 aromatic heterocycles. The summed E-state index contributed by atoms with van der Waals surface area (Å²) >= 11 is 0. The summed E-state index contributed by atoms with van der Waals surface area (Å²) in [6.07, 6.45) is 3.59. The van der Waals surface area contributed by atoms with Crippen LogP contribution in [-0.4, -0.2) is 15.4 Å². The number of nitrogens with one attached hydrogen (secondary N) is 1. The molecule has 4 heteroatoms. The van der Waals surface area contributed by atoms with Gasteiger partial charge in [0.2, 0.25) is 0 Å². The normalized spacial score (nSPS) is 42.0. The van der Waals surface area contributed by atoms with Crippen LogP contribution in [0.25, 0.3) is 0 Å². The van der Waals surface area contributed by atoms with Crippen LogP contribution in [0.5, 0.6) is 0 Å². The first-order valence-electron chi connectivity index (χ1n) is 4.86. The fourth-order valence-corrected chi connectivity index (χ4v) is 2.78. The van der Waals surface area contributed by atoms with E-state index in [1.807, 2.05) is 6.92 Å². The molecule has 2 unspecified atom stereocenters. The van der Waals surface area contributed by atoms with Gasteiger partial charge in [-0.2, -0.15) is 15.4 Å². The van der Waals surface area contributed by atoms with Crippen molar-refractivity contribution < 1.29 is 0 Å². The van der Waals surface area contributed by atoms with Gasteiger partial charge in [-0.15, -0.1) is 0 Å². The zero-order chi connectivity index (χ0) is 9.05. The first-order valence-corrected chi connectivity index (χ1v) is 4.86. The number of aromatic nitrogens is 3.